The van der Waals surface area contributed by atoms with Gasteiger partial charge in [-0.15, -0.1) is 0 Å². The summed E-state index contributed by atoms with van der Waals surface area (Å²) in [6.45, 7) is 7.25. The van der Waals surface area contributed by atoms with Gasteiger partial charge in [0.1, 0.15) is 17.6 Å². The van der Waals surface area contributed by atoms with Gasteiger partial charge in [0.05, 0.1) is 48.1 Å². The number of amidine groups is 1. The highest BCUT2D eigenvalue weighted by Gasteiger charge is 2.42. The molecule has 0 spiro atoms. The third-order valence-corrected chi connectivity index (χ3v) is 12.9. The van der Waals surface area contributed by atoms with Crippen molar-refractivity contribution in [3.63, 3.8) is 0 Å². The number of amides is 4. The number of aliphatic imine (C=N–C) groups is 2. The summed E-state index contributed by atoms with van der Waals surface area (Å²) in [6, 6.07) is 27.3. The maximum atomic E-state index is 13.8. The number of aliphatic hydroxyl groups is 1. The van der Waals surface area contributed by atoms with E-state index < -0.39 is 53.9 Å². The van der Waals surface area contributed by atoms with Gasteiger partial charge in [-0.05, 0) is 99.9 Å². The number of nitrogens with two attached hydrogens (primary N) is 1. The van der Waals surface area contributed by atoms with Crippen molar-refractivity contribution < 1.29 is 24.3 Å². The molecule has 0 unspecified atom stereocenters. The van der Waals surface area contributed by atoms with Crippen LogP contribution in [0.4, 0.5) is 5.69 Å². The molecule has 2 aliphatic heterocycles. The van der Waals surface area contributed by atoms with Crippen molar-refractivity contribution in [3.05, 3.63) is 131 Å². The zero-order valence-corrected chi connectivity index (χ0v) is 39.9. The van der Waals surface area contributed by atoms with E-state index in [4.69, 9.17) is 17.3 Å². The number of nitrogens with one attached hydrogen (secondary N) is 5. The van der Waals surface area contributed by atoms with E-state index in [1.807, 2.05) is 106 Å². The normalized spacial score (nSPS) is 20.1. The van der Waals surface area contributed by atoms with Gasteiger partial charge in [0.25, 0.3) is 5.91 Å². The number of benzodiazepines with no additional fused rings is 1. The largest absolute Gasteiger partial charge is 0.390 e. The quantitative estimate of drug-likeness (QED) is 0.0735. The summed E-state index contributed by atoms with van der Waals surface area (Å²) < 4.78 is 0. The molecule has 3 aliphatic rings. The Bertz CT molecular complexity index is 2610. The number of fused-ring (bicyclic) bond motifs is 3. The van der Waals surface area contributed by atoms with Crippen LogP contribution < -0.4 is 27.0 Å². The van der Waals surface area contributed by atoms with Crippen LogP contribution in [0.2, 0.25) is 5.02 Å². The second kappa shape index (κ2) is 22.6. The number of halogens is 1. The molecule has 1 saturated heterocycles. The Labute approximate surface area is 402 Å². The predicted octanol–water partition coefficient (Wildman–Crippen LogP) is 6.05. The van der Waals surface area contributed by atoms with Crippen molar-refractivity contribution in [1.29, 1.82) is 0 Å². The van der Waals surface area contributed by atoms with Crippen LogP contribution in [0.1, 0.15) is 86.6 Å². The minimum absolute atomic E-state index is 0.0566. The fraction of sp³-hybridized carbons (Fsp3) is 0.404. The monoisotopic (exact) mass is 942 g/mol. The number of primary amides is 1. The number of para-hydroxylation sites is 1. The molecule has 15 nitrogen and oxygen atoms in total. The lowest BCUT2D eigenvalue weighted by atomic mass is 9.72. The Balaban J connectivity index is 0.000000298. The number of anilines is 1. The molecule has 2 aromatic heterocycles. The molecule has 0 bridgehead atoms. The number of hydrogen-bond donors (Lipinski definition) is 7. The highest BCUT2D eigenvalue weighted by Crippen LogP contribution is 2.39. The van der Waals surface area contributed by atoms with Crippen LogP contribution in [0.25, 0.3) is 10.9 Å². The molecule has 2 fully saturated rings. The van der Waals surface area contributed by atoms with Gasteiger partial charge in [-0.3, -0.25) is 34.1 Å². The van der Waals surface area contributed by atoms with Crippen LogP contribution in [0.3, 0.4) is 0 Å². The first-order valence-corrected chi connectivity index (χ1v) is 23.8. The standard InChI is InChI=1S/C38H50N6O5.C14H13ClN4/c1-38(2,3)43-37(49)32-20-26-14-7-8-15-27(26)22-44(32)23-33(45)30(19-24-11-5-4-6-12-24)41-36(48)31(21-34(39)46)42-35(47)29-18-17-25-13-9-10-16-28(25)40-29;1-16-13-8-18-14(12-3-2-6-17-12)10-7-9(15)4-5-11(10)19-13/h4-6,9-13,16-18,26-27,30-33,45H,7-8,14-15,19-23H2,1-3H3,(H2,39,46)(H,41,48)(H,42,47)(H,43,49);2-7,17H,8H2,1H3,(H,16,19)/t26-,27+,30-,31-,32-,33+;/m0./s1. The summed E-state index contributed by atoms with van der Waals surface area (Å²) in [4.78, 5) is 71.3. The number of carbonyl (C=O) groups is 4. The molecule has 3 aromatic carbocycles. The smallest absolute Gasteiger partial charge is 0.270 e. The minimum atomic E-state index is -1.30. The number of piperidine rings is 1. The topological polar surface area (TPSA) is 219 Å². The lowest BCUT2D eigenvalue weighted by molar-refractivity contribution is -0.133. The zero-order chi connectivity index (χ0) is 48.4. The Morgan fingerprint density at radius 1 is 0.941 bits per heavy atom. The molecule has 358 valence electrons. The summed E-state index contributed by atoms with van der Waals surface area (Å²) >= 11 is 6.10. The van der Waals surface area contributed by atoms with Gasteiger partial charge in [0.2, 0.25) is 17.7 Å². The fourth-order valence-corrected chi connectivity index (χ4v) is 9.53. The zero-order valence-electron chi connectivity index (χ0n) is 39.2. The lowest BCUT2D eigenvalue weighted by Gasteiger charge is -2.47. The van der Waals surface area contributed by atoms with Gasteiger partial charge in [-0.1, -0.05) is 85.5 Å². The molecule has 16 heteroatoms. The van der Waals surface area contributed by atoms with E-state index >= 15 is 0 Å². The molecule has 4 amide bonds. The highest BCUT2D eigenvalue weighted by molar-refractivity contribution is 6.32. The van der Waals surface area contributed by atoms with E-state index in [-0.39, 0.29) is 24.6 Å². The molecule has 1 aliphatic carbocycles. The summed E-state index contributed by atoms with van der Waals surface area (Å²) in [5, 5.41) is 25.4. The van der Waals surface area contributed by atoms with E-state index in [1.165, 1.54) is 6.42 Å². The van der Waals surface area contributed by atoms with E-state index in [0.29, 0.717) is 35.5 Å². The second-order valence-corrected chi connectivity index (χ2v) is 19.4. The average molecular weight is 944 g/mol. The van der Waals surface area contributed by atoms with Crippen molar-refractivity contribution in [3.8, 4) is 0 Å². The van der Waals surface area contributed by atoms with Crippen molar-refractivity contribution in [2.45, 2.75) is 95.5 Å². The number of nitrogens with zero attached hydrogens (tertiary/aromatic N) is 4. The van der Waals surface area contributed by atoms with E-state index in [9.17, 15) is 24.3 Å². The number of carbonyl (C=O) groups excluding carboxylic acids is 4. The third kappa shape index (κ3) is 13.2. The van der Waals surface area contributed by atoms with Crippen LogP contribution in [-0.4, -0.2) is 112 Å². The van der Waals surface area contributed by atoms with Crippen LogP contribution >= 0.6 is 11.6 Å². The molecular formula is C52H63ClN10O5. The molecular weight excluding hydrogens is 880 g/mol. The first-order valence-electron chi connectivity index (χ1n) is 23.4. The molecule has 8 N–H and O–H groups in total. The number of aromatic amines is 1. The van der Waals surface area contributed by atoms with Crippen LogP contribution in [0.15, 0.2) is 113 Å². The lowest BCUT2D eigenvalue weighted by Crippen LogP contribution is -2.61. The highest BCUT2D eigenvalue weighted by atomic mass is 35.5. The second-order valence-electron chi connectivity index (χ2n) is 18.9. The maximum absolute atomic E-state index is 13.8. The third-order valence-electron chi connectivity index (χ3n) is 12.7. The van der Waals surface area contributed by atoms with Crippen LogP contribution in [-0.2, 0) is 20.8 Å². The van der Waals surface area contributed by atoms with Gasteiger partial charge in [0.15, 0.2) is 0 Å². The van der Waals surface area contributed by atoms with E-state index in [2.05, 4.69) is 46.1 Å². The Hall–Kier alpha value is -6.42. The van der Waals surface area contributed by atoms with Gasteiger partial charge in [0, 0.05) is 53.5 Å². The van der Waals surface area contributed by atoms with Crippen LogP contribution in [0, 0.1) is 11.8 Å². The van der Waals surface area contributed by atoms with Gasteiger partial charge >= 0.3 is 0 Å². The van der Waals surface area contributed by atoms with Crippen LogP contribution in [0.5, 0.6) is 0 Å². The number of H-pyrrole nitrogens is 1. The summed E-state index contributed by atoms with van der Waals surface area (Å²) in [7, 11) is 1.76. The number of aromatic nitrogens is 2. The molecule has 8 rings (SSSR count). The average Bonchev–Trinajstić information content (AvgIpc) is 3.79. The number of aliphatic hydroxyl groups excluding tert-OH is 1. The first-order chi connectivity index (χ1) is 32.6. The van der Waals surface area contributed by atoms with Crippen molar-refractivity contribution in [1.82, 2.24) is 30.8 Å². The van der Waals surface area contributed by atoms with E-state index in [0.717, 1.165) is 65.1 Å². The molecule has 5 aromatic rings. The molecule has 6 atom stereocenters. The Morgan fingerprint density at radius 2 is 1.69 bits per heavy atom. The minimum Gasteiger partial charge on any atom is -0.390 e. The Kier molecular flexibility index (Phi) is 16.4. The van der Waals surface area contributed by atoms with Crippen molar-refractivity contribution in [2.24, 2.45) is 27.6 Å². The number of β-amino-alcohol motifs (C(OH)–C–C–N with tert-alkyl or cyclic N) is 1. The number of rotatable bonds is 13. The number of likely N-dealkylation sites (tertiary alicyclic amines) is 1. The Morgan fingerprint density at radius 3 is 2.41 bits per heavy atom. The fourth-order valence-electron chi connectivity index (χ4n) is 9.35. The van der Waals surface area contributed by atoms with Gasteiger partial charge < -0.3 is 37.1 Å². The van der Waals surface area contributed by atoms with Gasteiger partial charge in [-0.2, -0.15) is 0 Å². The maximum Gasteiger partial charge on any atom is 0.270 e. The first kappa shape index (κ1) is 49.5. The number of hydrogen-bond acceptors (Lipinski definition) is 9. The summed E-state index contributed by atoms with van der Waals surface area (Å²) in [5.74, 6) is -0.357. The summed E-state index contributed by atoms with van der Waals surface area (Å²) in [5.41, 5.74) is 10.5. The molecule has 4 heterocycles. The molecule has 68 heavy (non-hydrogen) atoms. The van der Waals surface area contributed by atoms with Crippen molar-refractivity contribution >= 4 is 63.4 Å². The molecule has 1 saturated carbocycles. The number of benzene rings is 3. The molecule has 0 radical (unpaired) electrons. The van der Waals surface area contributed by atoms with E-state index in [1.54, 1.807) is 25.2 Å². The predicted molar refractivity (Wildman–Crippen MR) is 268 cm³/mol. The SMILES string of the molecule is CC(C)(C)NC(=O)[C@@H]1C[C@@H]2CCCC[C@@H]2CN1C[C@@H](O)[C@H](Cc1ccccc1)NC(=O)[C@H](CC(N)=O)NC(=O)c1ccc2ccccc2n1.CN=C1CN=C(c2ccc[nH]2)c2cc(Cl)ccc2N1. The van der Waals surface area contributed by atoms with Gasteiger partial charge in [-0.25, -0.2) is 4.98 Å². The summed E-state index contributed by atoms with van der Waals surface area (Å²) in [6.07, 6.45) is 5.91. The number of pyridine rings is 1. The van der Waals surface area contributed by atoms with Crippen molar-refractivity contribution in [2.75, 3.05) is 32.0 Å².